The van der Waals surface area contributed by atoms with Crippen LogP contribution in [0.4, 0.5) is 0 Å². The zero-order chi connectivity index (χ0) is 15.3. The average molecular weight is 332 g/mol. The minimum absolute atomic E-state index is 0.0544. The first-order valence-electron chi connectivity index (χ1n) is 7.40. The third-order valence-corrected chi connectivity index (χ3v) is 6.31. The molecule has 1 aromatic rings. The van der Waals surface area contributed by atoms with Crippen molar-refractivity contribution in [3.8, 4) is 0 Å². The molecular weight excluding hydrogens is 308 g/mol. The van der Waals surface area contributed by atoms with Gasteiger partial charge in [-0.3, -0.25) is 0 Å². The van der Waals surface area contributed by atoms with Crippen molar-refractivity contribution in [3.05, 3.63) is 16.1 Å². The highest BCUT2D eigenvalue weighted by molar-refractivity contribution is 7.87. The largest absolute Gasteiger partial charge is 0.315 e. The van der Waals surface area contributed by atoms with E-state index in [1.807, 2.05) is 13.8 Å². The van der Waals surface area contributed by atoms with E-state index in [2.05, 4.69) is 15.0 Å². The summed E-state index contributed by atoms with van der Waals surface area (Å²) in [6, 6.07) is 0.0544. The Balaban J connectivity index is 2.00. The maximum atomic E-state index is 12.5. The van der Waals surface area contributed by atoms with Gasteiger partial charge in [-0.15, -0.1) is 11.3 Å². The Kier molecular flexibility index (Phi) is 6.12. The molecule has 0 aliphatic carbocycles. The van der Waals surface area contributed by atoms with Crippen molar-refractivity contribution in [2.45, 2.75) is 45.7 Å². The molecule has 1 unspecified atom stereocenters. The van der Waals surface area contributed by atoms with Crippen LogP contribution in [0, 0.1) is 6.92 Å². The SMILES string of the molecule is CCNCC1CCCCN1S(=O)(=O)NCc1scnc1C. The van der Waals surface area contributed by atoms with E-state index >= 15 is 0 Å². The van der Waals surface area contributed by atoms with E-state index in [0.29, 0.717) is 13.1 Å². The number of rotatable bonds is 7. The molecule has 0 amide bonds. The van der Waals surface area contributed by atoms with Crippen LogP contribution >= 0.6 is 11.3 Å². The molecule has 2 N–H and O–H groups in total. The Labute approximate surface area is 131 Å². The first-order chi connectivity index (χ1) is 10.0. The summed E-state index contributed by atoms with van der Waals surface area (Å²) in [5, 5.41) is 3.26. The summed E-state index contributed by atoms with van der Waals surface area (Å²) in [5.74, 6) is 0. The van der Waals surface area contributed by atoms with Gasteiger partial charge in [0.15, 0.2) is 0 Å². The molecule has 2 heterocycles. The lowest BCUT2D eigenvalue weighted by atomic mass is 10.1. The van der Waals surface area contributed by atoms with Gasteiger partial charge in [-0.25, -0.2) is 4.98 Å². The highest BCUT2D eigenvalue weighted by atomic mass is 32.2. The second-order valence-corrected chi connectivity index (χ2v) is 7.90. The first-order valence-corrected chi connectivity index (χ1v) is 9.72. The molecule has 21 heavy (non-hydrogen) atoms. The number of piperidine rings is 1. The van der Waals surface area contributed by atoms with Crippen LogP contribution in [-0.2, 0) is 16.8 Å². The number of nitrogens with one attached hydrogen (secondary N) is 2. The van der Waals surface area contributed by atoms with Gasteiger partial charge in [-0.05, 0) is 26.3 Å². The molecule has 1 atom stereocenters. The van der Waals surface area contributed by atoms with Gasteiger partial charge in [0, 0.05) is 30.6 Å². The molecule has 1 fully saturated rings. The summed E-state index contributed by atoms with van der Waals surface area (Å²) in [7, 11) is -3.43. The van der Waals surface area contributed by atoms with Crippen LogP contribution in [0.2, 0.25) is 0 Å². The van der Waals surface area contributed by atoms with Gasteiger partial charge in [-0.1, -0.05) is 13.3 Å². The van der Waals surface area contributed by atoms with Gasteiger partial charge >= 0.3 is 0 Å². The van der Waals surface area contributed by atoms with Crippen LogP contribution in [0.1, 0.15) is 36.8 Å². The van der Waals surface area contributed by atoms with E-state index in [4.69, 9.17) is 0 Å². The summed E-state index contributed by atoms with van der Waals surface area (Å²) in [4.78, 5) is 5.12. The van der Waals surface area contributed by atoms with Crippen molar-refractivity contribution in [3.63, 3.8) is 0 Å². The minimum Gasteiger partial charge on any atom is -0.315 e. The monoisotopic (exact) mass is 332 g/mol. The van der Waals surface area contributed by atoms with Gasteiger partial charge in [0.25, 0.3) is 10.2 Å². The van der Waals surface area contributed by atoms with Crippen LogP contribution in [0.5, 0.6) is 0 Å². The fraction of sp³-hybridized carbons (Fsp3) is 0.769. The van der Waals surface area contributed by atoms with Crippen molar-refractivity contribution in [1.29, 1.82) is 0 Å². The highest BCUT2D eigenvalue weighted by Crippen LogP contribution is 2.20. The molecule has 0 spiro atoms. The Morgan fingerprint density at radius 2 is 2.29 bits per heavy atom. The van der Waals surface area contributed by atoms with Crippen LogP contribution in [0.3, 0.4) is 0 Å². The van der Waals surface area contributed by atoms with Crippen LogP contribution in [0.25, 0.3) is 0 Å². The average Bonchev–Trinajstić information content (AvgIpc) is 2.89. The predicted octanol–water partition coefficient (Wildman–Crippen LogP) is 1.25. The van der Waals surface area contributed by atoms with Crippen LogP contribution in [0.15, 0.2) is 5.51 Å². The molecule has 0 bridgehead atoms. The zero-order valence-electron chi connectivity index (χ0n) is 12.6. The lowest BCUT2D eigenvalue weighted by Gasteiger charge is -2.34. The molecule has 1 aromatic heterocycles. The minimum atomic E-state index is -3.43. The standard InChI is InChI=1S/C13H24N4O2S2/c1-3-14-8-12-6-4-5-7-17(12)21(18,19)16-9-13-11(2)15-10-20-13/h10,12,14,16H,3-9H2,1-2H3. The van der Waals surface area contributed by atoms with E-state index in [1.165, 1.54) is 11.3 Å². The molecule has 1 saturated heterocycles. The van der Waals surface area contributed by atoms with Crippen molar-refractivity contribution in [1.82, 2.24) is 19.3 Å². The van der Waals surface area contributed by atoms with Gasteiger partial charge < -0.3 is 5.32 Å². The molecule has 0 radical (unpaired) electrons. The second kappa shape index (κ2) is 7.64. The molecule has 120 valence electrons. The third-order valence-electron chi connectivity index (χ3n) is 3.77. The van der Waals surface area contributed by atoms with Gasteiger partial charge in [-0.2, -0.15) is 17.4 Å². The van der Waals surface area contributed by atoms with E-state index in [0.717, 1.165) is 42.9 Å². The summed E-state index contributed by atoms with van der Waals surface area (Å²) < 4.78 is 29.4. The predicted molar refractivity (Wildman–Crippen MR) is 85.5 cm³/mol. The maximum absolute atomic E-state index is 12.5. The molecule has 8 heteroatoms. The molecular formula is C13H24N4O2S2. The fourth-order valence-electron chi connectivity index (χ4n) is 2.54. The summed E-state index contributed by atoms with van der Waals surface area (Å²) >= 11 is 1.48. The van der Waals surface area contributed by atoms with Crippen molar-refractivity contribution in [2.75, 3.05) is 19.6 Å². The molecule has 2 rings (SSSR count). The third kappa shape index (κ3) is 4.46. The lowest BCUT2D eigenvalue weighted by molar-refractivity contribution is 0.244. The molecule has 1 aliphatic rings. The van der Waals surface area contributed by atoms with E-state index in [1.54, 1.807) is 9.82 Å². The molecule has 0 saturated carbocycles. The normalized spacial score (nSPS) is 20.8. The number of hydrogen-bond donors (Lipinski definition) is 2. The number of hydrogen-bond acceptors (Lipinski definition) is 5. The van der Waals surface area contributed by atoms with Gasteiger partial charge in [0.2, 0.25) is 0 Å². The lowest BCUT2D eigenvalue weighted by Crippen LogP contribution is -2.52. The number of nitrogens with zero attached hydrogens (tertiary/aromatic N) is 2. The zero-order valence-corrected chi connectivity index (χ0v) is 14.3. The number of aromatic nitrogens is 1. The first kappa shape index (κ1) is 16.8. The Morgan fingerprint density at radius 3 is 2.95 bits per heavy atom. The van der Waals surface area contributed by atoms with Gasteiger partial charge in [0.05, 0.1) is 11.2 Å². The van der Waals surface area contributed by atoms with E-state index in [-0.39, 0.29) is 6.04 Å². The Morgan fingerprint density at radius 1 is 1.48 bits per heavy atom. The van der Waals surface area contributed by atoms with Crippen LogP contribution < -0.4 is 10.0 Å². The second-order valence-electron chi connectivity index (χ2n) is 5.26. The fourth-order valence-corrected chi connectivity index (χ4v) is 4.78. The highest BCUT2D eigenvalue weighted by Gasteiger charge is 2.31. The Bertz CT molecular complexity index is 544. The number of aryl methyl sites for hydroxylation is 1. The van der Waals surface area contributed by atoms with Gasteiger partial charge in [0.1, 0.15) is 0 Å². The topological polar surface area (TPSA) is 74.3 Å². The Hall–Kier alpha value is -0.540. The molecule has 0 aromatic carbocycles. The van der Waals surface area contributed by atoms with Crippen molar-refractivity contribution < 1.29 is 8.42 Å². The number of thiazole rings is 1. The summed E-state index contributed by atoms with van der Waals surface area (Å²) in [6.07, 6.45) is 2.95. The van der Waals surface area contributed by atoms with Crippen molar-refractivity contribution in [2.24, 2.45) is 0 Å². The van der Waals surface area contributed by atoms with Crippen molar-refractivity contribution >= 4 is 21.5 Å². The maximum Gasteiger partial charge on any atom is 0.280 e. The summed E-state index contributed by atoms with van der Waals surface area (Å²) in [5.41, 5.74) is 2.64. The smallest absolute Gasteiger partial charge is 0.280 e. The van der Waals surface area contributed by atoms with E-state index in [9.17, 15) is 8.42 Å². The number of likely N-dealkylation sites (N-methyl/N-ethyl adjacent to an activating group) is 1. The van der Waals surface area contributed by atoms with Crippen LogP contribution in [-0.4, -0.2) is 43.4 Å². The quantitative estimate of drug-likeness (QED) is 0.788. The summed E-state index contributed by atoms with van der Waals surface area (Å²) in [6.45, 7) is 6.44. The molecule has 1 aliphatic heterocycles. The molecule has 6 nitrogen and oxygen atoms in total. The van der Waals surface area contributed by atoms with E-state index < -0.39 is 10.2 Å².